The molecule has 0 bridgehead atoms. The Morgan fingerprint density at radius 1 is 1.03 bits per heavy atom. The van der Waals surface area contributed by atoms with E-state index in [9.17, 15) is 19.5 Å². The summed E-state index contributed by atoms with van der Waals surface area (Å²) >= 11 is 0. The highest BCUT2D eigenvalue weighted by Crippen LogP contribution is 2.06. The average molecular weight is 470 g/mol. The zero-order valence-corrected chi connectivity index (χ0v) is 19.3. The topological polar surface area (TPSA) is 155 Å². The number of carboxylic acids is 1. The van der Waals surface area contributed by atoms with Crippen molar-refractivity contribution < 1.29 is 38.8 Å². The maximum atomic E-state index is 12.0. The Bertz CT molecular complexity index is 724. The summed E-state index contributed by atoms with van der Waals surface area (Å²) < 4.78 is 15.5. The number of aliphatic carboxylic acids is 1. The number of aliphatic hydroxyl groups excluding tert-OH is 1. The molecule has 0 aliphatic rings. The van der Waals surface area contributed by atoms with Crippen molar-refractivity contribution in [3.8, 4) is 0 Å². The Hall–Kier alpha value is -2.89. The fourth-order valence-corrected chi connectivity index (χ4v) is 2.57. The van der Waals surface area contributed by atoms with Crippen molar-refractivity contribution >= 4 is 18.2 Å². The van der Waals surface area contributed by atoms with E-state index < -0.39 is 42.3 Å². The summed E-state index contributed by atoms with van der Waals surface area (Å²) in [7, 11) is 0. The first-order valence-corrected chi connectivity index (χ1v) is 10.7. The lowest BCUT2D eigenvalue weighted by molar-refractivity contribution is -0.138. The maximum Gasteiger partial charge on any atom is 0.407 e. The summed E-state index contributed by atoms with van der Waals surface area (Å²) in [4.78, 5) is 34.6. The van der Waals surface area contributed by atoms with Gasteiger partial charge in [0.1, 0.15) is 12.2 Å². The standard InChI is InChI=1S/C22H35N3O8/c1-22(2,3)33-20(29)24-10-12-31-11-9-23-14-18(26)17(13-19(27)28)25-21(30)32-15-16-7-5-4-6-8-16/h4-8,17-18,23,26H,9-15H2,1-3H3,(H,24,29)(H,25,30)(H,27,28)/t17-,18?/m0/s1. The highest BCUT2D eigenvalue weighted by atomic mass is 16.6. The Kier molecular flexibility index (Phi) is 12.8. The van der Waals surface area contributed by atoms with E-state index in [4.69, 9.17) is 19.3 Å². The molecule has 2 atom stereocenters. The van der Waals surface area contributed by atoms with Gasteiger partial charge in [0.15, 0.2) is 0 Å². The number of ether oxygens (including phenoxy) is 3. The van der Waals surface area contributed by atoms with Gasteiger partial charge in [0.2, 0.25) is 0 Å². The van der Waals surface area contributed by atoms with Gasteiger partial charge >= 0.3 is 18.2 Å². The van der Waals surface area contributed by atoms with Crippen LogP contribution in [0, 0.1) is 0 Å². The van der Waals surface area contributed by atoms with Crippen LogP contribution in [0.15, 0.2) is 30.3 Å². The van der Waals surface area contributed by atoms with Gasteiger partial charge in [-0.05, 0) is 26.3 Å². The number of carbonyl (C=O) groups excluding carboxylic acids is 2. The fraction of sp³-hybridized carbons (Fsp3) is 0.591. The summed E-state index contributed by atoms with van der Waals surface area (Å²) in [6.07, 6.45) is -2.95. The van der Waals surface area contributed by atoms with Crippen molar-refractivity contribution in [1.82, 2.24) is 16.0 Å². The molecule has 1 unspecified atom stereocenters. The molecule has 11 nitrogen and oxygen atoms in total. The van der Waals surface area contributed by atoms with Crippen molar-refractivity contribution in [2.75, 3.05) is 32.8 Å². The van der Waals surface area contributed by atoms with Crippen LogP contribution < -0.4 is 16.0 Å². The zero-order valence-electron chi connectivity index (χ0n) is 19.3. The molecule has 0 saturated heterocycles. The molecule has 11 heteroatoms. The molecule has 33 heavy (non-hydrogen) atoms. The van der Waals surface area contributed by atoms with Crippen molar-refractivity contribution in [3.05, 3.63) is 35.9 Å². The smallest absolute Gasteiger partial charge is 0.407 e. The number of aliphatic hydroxyl groups is 1. The SMILES string of the molecule is CC(C)(C)OC(=O)NCCOCCNCC(O)[C@H](CC(=O)O)NC(=O)OCc1ccccc1. The highest BCUT2D eigenvalue weighted by Gasteiger charge is 2.24. The van der Waals surface area contributed by atoms with Gasteiger partial charge in [-0.2, -0.15) is 0 Å². The predicted octanol–water partition coefficient (Wildman–Crippen LogP) is 1.25. The number of amides is 2. The average Bonchev–Trinajstić information content (AvgIpc) is 2.72. The van der Waals surface area contributed by atoms with Crippen LogP contribution in [0.2, 0.25) is 0 Å². The molecule has 1 aromatic carbocycles. The lowest BCUT2D eigenvalue weighted by Crippen LogP contribution is -2.49. The molecular weight excluding hydrogens is 434 g/mol. The number of hydrogen-bond acceptors (Lipinski definition) is 8. The fourth-order valence-electron chi connectivity index (χ4n) is 2.57. The molecule has 2 amide bonds. The first kappa shape index (κ1) is 28.1. The van der Waals surface area contributed by atoms with E-state index in [1.165, 1.54) is 0 Å². The van der Waals surface area contributed by atoms with E-state index in [2.05, 4.69) is 16.0 Å². The number of rotatable bonds is 14. The Labute approximate surface area is 193 Å². The van der Waals surface area contributed by atoms with Crippen LogP contribution in [-0.4, -0.2) is 79.0 Å². The summed E-state index contributed by atoms with van der Waals surface area (Å²) in [5.74, 6) is -1.16. The normalized spacial score (nSPS) is 13.0. The summed E-state index contributed by atoms with van der Waals surface area (Å²) in [6.45, 7) is 6.62. The quantitative estimate of drug-likeness (QED) is 0.253. The molecule has 0 saturated carbocycles. The van der Waals surface area contributed by atoms with Gasteiger partial charge in [-0.3, -0.25) is 4.79 Å². The monoisotopic (exact) mass is 469 g/mol. The van der Waals surface area contributed by atoms with E-state index in [0.29, 0.717) is 13.2 Å². The number of benzene rings is 1. The van der Waals surface area contributed by atoms with Gasteiger partial charge in [-0.15, -0.1) is 0 Å². The molecule has 0 aromatic heterocycles. The summed E-state index contributed by atoms with van der Waals surface area (Å²) in [5, 5.41) is 27.2. The van der Waals surface area contributed by atoms with E-state index in [1.807, 2.05) is 6.07 Å². The molecule has 1 rings (SSSR count). The number of nitrogens with one attached hydrogen (secondary N) is 3. The van der Waals surface area contributed by atoms with E-state index in [1.54, 1.807) is 45.0 Å². The van der Waals surface area contributed by atoms with Gasteiger partial charge in [-0.1, -0.05) is 30.3 Å². The summed E-state index contributed by atoms with van der Waals surface area (Å²) in [6, 6.07) is 7.99. The third-order valence-corrected chi connectivity index (χ3v) is 4.07. The molecule has 0 radical (unpaired) electrons. The minimum Gasteiger partial charge on any atom is -0.481 e. The van der Waals surface area contributed by atoms with Gasteiger partial charge in [0.25, 0.3) is 0 Å². The second kappa shape index (κ2) is 15.0. The van der Waals surface area contributed by atoms with Gasteiger partial charge < -0.3 is 40.4 Å². The van der Waals surface area contributed by atoms with Crippen molar-refractivity contribution in [2.24, 2.45) is 0 Å². The minimum atomic E-state index is -1.16. The second-order valence-electron chi connectivity index (χ2n) is 8.22. The third-order valence-electron chi connectivity index (χ3n) is 4.07. The predicted molar refractivity (Wildman–Crippen MR) is 120 cm³/mol. The van der Waals surface area contributed by atoms with Crippen molar-refractivity contribution in [2.45, 2.75) is 51.5 Å². The van der Waals surface area contributed by atoms with Crippen LogP contribution in [-0.2, 0) is 25.6 Å². The zero-order chi connectivity index (χ0) is 24.7. The number of carboxylic acid groups (broad SMARTS) is 1. The van der Waals surface area contributed by atoms with Gasteiger partial charge in [0.05, 0.1) is 31.8 Å². The first-order valence-electron chi connectivity index (χ1n) is 10.7. The van der Waals surface area contributed by atoms with Crippen LogP contribution in [0.5, 0.6) is 0 Å². The molecule has 0 fully saturated rings. The largest absolute Gasteiger partial charge is 0.481 e. The van der Waals surface area contributed by atoms with E-state index >= 15 is 0 Å². The second-order valence-corrected chi connectivity index (χ2v) is 8.22. The van der Waals surface area contributed by atoms with Crippen LogP contribution in [0.3, 0.4) is 0 Å². The molecular formula is C22H35N3O8. The first-order chi connectivity index (χ1) is 15.6. The molecule has 1 aromatic rings. The third kappa shape index (κ3) is 14.7. The molecule has 0 aliphatic heterocycles. The Morgan fingerprint density at radius 3 is 2.33 bits per heavy atom. The Morgan fingerprint density at radius 2 is 1.70 bits per heavy atom. The van der Waals surface area contributed by atoms with Crippen LogP contribution in [0.25, 0.3) is 0 Å². The Balaban J connectivity index is 2.24. The lowest BCUT2D eigenvalue weighted by atomic mass is 10.1. The molecule has 0 heterocycles. The highest BCUT2D eigenvalue weighted by molar-refractivity contribution is 5.71. The van der Waals surface area contributed by atoms with Gasteiger partial charge in [0, 0.05) is 19.6 Å². The van der Waals surface area contributed by atoms with Crippen molar-refractivity contribution in [3.63, 3.8) is 0 Å². The van der Waals surface area contributed by atoms with Gasteiger partial charge in [-0.25, -0.2) is 9.59 Å². The van der Waals surface area contributed by atoms with Crippen LogP contribution in [0.4, 0.5) is 9.59 Å². The van der Waals surface area contributed by atoms with Crippen LogP contribution in [0.1, 0.15) is 32.8 Å². The lowest BCUT2D eigenvalue weighted by Gasteiger charge is -2.23. The summed E-state index contributed by atoms with van der Waals surface area (Å²) in [5.41, 5.74) is 0.216. The number of hydrogen-bond donors (Lipinski definition) is 5. The van der Waals surface area contributed by atoms with E-state index in [-0.39, 0.29) is 26.3 Å². The number of alkyl carbamates (subject to hydrolysis) is 2. The molecule has 0 spiro atoms. The van der Waals surface area contributed by atoms with Crippen molar-refractivity contribution in [1.29, 1.82) is 0 Å². The van der Waals surface area contributed by atoms with E-state index in [0.717, 1.165) is 5.56 Å². The maximum absolute atomic E-state index is 12.0. The number of carbonyl (C=O) groups is 3. The van der Waals surface area contributed by atoms with Crippen LogP contribution >= 0.6 is 0 Å². The molecule has 5 N–H and O–H groups in total. The molecule has 0 aliphatic carbocycles. The molecule has 186 valence electrons. The minimum absolute atomic E-state index is 0.0287.